The molecule has 7 heteroatoms. The van der Waals surface area contributed by atoms with Crippen LogP contribution in [0.2, 0.25) is 0 Å². The molecular weight excluding hydrogens is 346 g/mol. The zero-order valence-corrected chi connectivity index (χ0v) is 15.8. The number of imide groups is 1. The summed E-state index contributed by atoms with van der Waals surface area (Å²) in [4.78, 5) is 37.8. The molecule has 1 aliphatic carbocycles. The second kappa shape index (κ2) is 8.41. The molecule has 3 rings (SSSR count). The van der Waals surface area contributed by atoms with Gasteiger partial charge >= 0.3 is 6.03 Å². The molecule has 1 saturated heterocycles. The number of nitrogens with zero attached hydrogens (tertiary/aromatic N) is 1. The van der Waals surface area contributed by atoms with Crippen LogP contribution in [0.1, 0.15) is 44.1 Å². The molecule has 27 heavy (non-hydrogen) atoms. The molecule has 0 radical (unpaired) electrons. The number of nitrogens with one attached hydrogen (secondary N) is 2. The number of rotatable bonds is 8. The monoisotopic (exact) mass is 373 g/mol. The van der Waals surface area contributed by atoms with Crippen LogP contribution in [0, 0.1) is 6.92 Å². The highest BCUT2D eigenvalue weighted by molar-refractivity contribution is 6.07. The second-order valence-electron chi connectivity index (χ2n) is 7.29. The first-order valence-corrected chi connectivity index (χ1v) is 9.60. The van der Waals surface area contributed by atoms with Gasteiger partial charge in [0.2, 0.25) is 5.91 Å². The van der Waals surface area contributed by atoms with Crippen LogP contribution in [-0.4, -0.2) is 48.0 Å². The summed E-state index contributed by atoms with van der Waals surface area (Å²) in [7, 11) is 0. The lowest BCUT2D eigenvalue weighted by Gasteiger charge is -2.19. The van der Waals surface area contributed by atoms with Crippen molar-refractivity contribution >= 4 is 17.8 Å². The van der Waals surface area contributed by atoms with Crippen LogP contribution in [0.4, 0.5) is 4.79 Å². The van der Waals surface area contributed by atoms with E-state index in [1.54, 1.807) is 0 Å². The lowest BCUT2D eigenvalue weighted by atomic mass is 9.98. The summed E-state index contributed by atoms with van der Waals surface area (Å²) in [5.41, 5.74) is 0.492. The standard InChI is InChI=1S/C20H27N3O4/c1-15-6-8-16(9-7-15)27-14-12-21-17(24)5-4-13-23-18(25)20(22-19(23)26)10-2-3-11-20/h6-9H,2-5,10-14H2,1H3,(H,21,24)(H,22,26). The minimum absolute atomic E-state index is 0.106. The second-order valence-corrected chi connectivity index (χ2v) is 7.29. The number of urea groups is 1. The van der Waals surface area contributed by atoms with Gasteiger partial charge in [-0.25, -0.2) is 4.79 Å². The highest BCUT2D eigenvalue weighted by atomic mass is 16.5. The van der Waals surface area contributed by atoms with Crippen molar-refractivity contribution in [2.45, 2.75) is 51.0 Å². The molecule has 1 spiro atoms. The Morgan fingerprint density at radius 1 is 1.22 bits per heavy atom. The van der Waals surface area contributed by atoms with Crippen molar-refractivity contribution < 1.29 is 19.1 Å². The van der Waals surface area contributed by atoms with Gasteiger partial charge in [-0.05, 0) is 38.3 Å². The fraction of sp³-hybridized carbons (Fsp3) is 0.550. The van der Waals surface area contributed by atoms with Crippen molar-refractivity contribution in [2.24, 2.45) is 0 Å². The Morgan fingerprint density at radius 2 is 1.93 bits per heavy atom. The van der Waals surface area contributed by atoms with E-state index in [4.69, 9.17) is 4.74 Å². The van der Waals surface area contributed by atoms with Crippen molar-refractivity contribution in [3.63, 3.8) is 0 Å². The van der Waals surface area contributed by atoms with Gasteiger partial charge in [0, 0.05) is 13.0 Å². The number of carbonyl (C=O) groups excluding carboxylic acids is 3. The molecule has 0 atom stereocenters. The quantitative estimate of drug-likeness (QED) is 0.540. The fourth-order valence-electron chi connectivity index (χ4n) is 3.68. The van der Waals surface area contributed by atoms with Gasteiger partial charge in [-0.3, -0.25) is 14.5 Å². The number of amides is 4. The maximum absolute atomic E-state index is 12.5. The topological polar surface area (TPSA) is 87.7 Å². The number of ether oxygens (including phenoxy) is 1. The Balaban J connectivity index is 1.32. The molecule has 0 unspecified atom stereocenters. The molecular formula is C20H27N3O4. The largest absolute Gasteiger partial charge is 0.492 e. The SMILES string of the molecule is Cc1ccc(OCCNC(=O)CCCN2C(=O)NC3(CCCC3)C2=O)cc1. The molecule has 1 aromatic carbocycles. The summed E-state index contributed by atoms with van der Waals surface area (Å²) >= 11 is 0. The molecule has 1 aromatic rings. The highest BCUT2D eigenvalue weighted by Gasteiger charge is 2.51. The van der Waals surface area contributed by atoms with E-state index in [0.717, 1.165) is 31.4 Å². The normalized spacial score (nSPS) is 18.0. The average Bonchev–Trinajstić information content (AvgIpc) is 3.21. The third kappa shape index (κ3) is 4.59. The van der Waals surface area contributed by atoms with E-state index in [2.05, 4.69) is 10.6 Å². The smallest absolute Gasteiger partial charge is 0.325 e. The van der Waals surface area contributed by atoms with Crippen LogP contribution in [0.15, 0.2) is 24.3 Å². The Labute approximate surface area is 159 Å². The first-order chi connectivity index (χ1) is 13.0. The average molecular weight is 373 g/mol. The molecule has 0 aromatic heterocycles. The first kappa shape index (κ1) is 19.2. The summed E-state index contributed by atoms with van der Waals surface area (Å²) in [6.45, 7) is 3.10. The summed E-state index contributed by atoms with van der Waals surface area (Å²) in [5, 5.41) is 5.64. The number of hydrogen-bond donors (Lipinski definition) is 2. The van der Waals surface area contributed by atoms with Gasteiger partial charge in [-0.1, -0.05) is 30.5 Å². The van der Waals surface area contributed by atoms with Gasteiger partial charge in [0.25, 0.3) is 5.91 Å². The predicted molar refractivity (Wildman–Crippen MR) is 100 cm³/mol. The summed E-state index contributed by atoms with van der Waals surface area (Å²) in [5.74, 6) is 0.538. The predicted octanol–water partition coefficient (Wildman–Crippen LogP) is 2.13. The summed E-state index contributed by atoms with van der Waals surface area (Å²) < 4.78 is 5.56. The lowest BCUT2D eigenvalue weighted by molar-refractivity contribution is -0.131. The van der Waals surface area contributed by atoms with Gasteiger partial charge < -0.3 is 15.4 Å². The van der Waals surface area contributed by atoms with E-state index < -0.39 is 5.54 Å². The molecule has 7 nitrogen and oxygen atoms in total. The molecule has 146 valence electrons. The third-order valence-electron chi connectivity index (χ3n) is 5.20. The maximum atomic E-state index is 12.5. The minimum Gasteiger partial charge on any atom is -0.492 e. The zero-order valence-electron chi connectivity index (χ0n) is 15.8. The third-order valence-corrected chi connectivity index (χ3v) is 5.20. The Bertz CT molecular complexity index is 696. The van der Waals surface area contributed by atoms with E-state index >= 15 is 0 Å². The fourth-order valence-corrected chi connectivity index (χ4v) is 3.68. The lowest BCUT2D eigenvalue weighted by Crippen LogP contribution is -2.44. The van der Waals surface area contributed by atoms with Gasteiger partial charge in [-0.2, -0.15) is 0 Å². The Kier molecular flexibility index (Phi) is 5.98. The van der Waals surface area contributed by atoms with Gasteiger partial charge in [-0.15, -0.1) is 0 Å². The molecule has 2 N–H and O–H groups in total. The summed E-state index contributed by atoms with van der Waals surface area (Å²) in [6.07, 6.45) is 4.10. The molecule has 4 amide bonds. The van der Waals surface area contributed by atoms with E-state index in [9.17, 15) is 14.4 Å². The van der Waals surface area contributed by atoms with Crippen molar-refractivity contribution in [1.82, 2.24) is 15.5 Å². The van der Waals surface area contributed by atoms with Crippen molar-refractivity contribution in [1.29, 1.82) is 0 Å². The Morgan fingerprint density at radius 3 is 2.63 bits per heavy atom. The van der Waals surface area contributed by atoms with Crippen LogP contribution in [-0.2, 0) is 9.59 Å². The maximum Gasteiger partial charge on any atom is 0.325 e. The molecule has 1 saturated carbocycles. The van der Waals surface area contributed by atoms with Crippen LogP contribution < -0.4 is 15.4 Å². The van der Waals surface area contributed by atoms with Crippen molar-refractivity contribution in [3.05, 3.63) is 29.8 Å². The van der Waals surface area contributed by atoms with E-state index in [1.165, 1.54) is 10.5 Å². The number of carbonyl (C=O) groups is 3. The van der Waals surface area contributed by atoms with Crippen LogP contribution in [0.25, 0.3) is 0 Å². The van der Waals surface area contributed by atoms with Crippen LogP contribution in [0.3, 0.4) is 0 Å². The van der Waals surface area contributed by atoms with Crippen LogP contribution in [0.5, 0.6) is 5.75 Å². The molecule has 2 fully saturated rings. The first-order valence-electron chi connectivity index (χ1n) is 9.60. The number of aryl methyl sites for hydroxylation is 1. The van der Waals surface area contributed by atoms with E-state index in [1.807, 2.05) is 31.2 Å². The molecule has 1 heterocycles. The van der Waals surface area contributed by atoms with Crippen LogP contribution >= 0.6 is 0 Å². The van der Waals surface area contributed by atoms with Crippen molar-refractivity contribution in [2.75, 3.05) is 19.7 Å². The zero-order chi connectivity index (χ0) is 19.3. The highest BCUT2D eigenvalue weighted by Crippen LogP contribution is 2.35. The Hall–Kier alpha value is -2.57. The molecule has 1 aliphatic heterocycles. The van der Waals surface area contributed by atoms with Gasteiger partial charge in [0.1, 0.15) is 17.9 Å². The van der Waals surface area contributed by atoms with E-state index in [0.29, 0.717) is 19.6 Å². The van der Waals surface area contributed by atoms with Gasteiger partial charge in [0.15, 0.2) is 0 Å². The minimum atomic E-state index is -0.674. The molecule has 2 aliphatic rings. The van der Waals surface area contributed by atoms with E-state index in [-0.39, 0.29) is 30.8 Å². The van der Waals surface area contributed by atoms with Gasteiger partial charge in [0.05, 0.1) is 6.54 Å². The number of benzene rings is 1. The molecule has 0 bridgehead atoms. The van der Waals surface area contributed by atoms with Crippen molar-refractivity contribution in [3.8, 4) is 5.75 Å². The number of hydrogen-bond acceptors (Lipinski definition) is 4. The summed E-state index contributed by atoms with van der Waals surface area (Å²) in [6, 6.07) is 7.41.